The van der Waals surface area contributed by atoms with E-state index in [0.717, 1.165) is 47.2 Å². The Morgan fingerprint density at radius 2 is 1.07 bits per heavy atom. The summed E-state index contributed by atoms with van der Waals surface area (Å²) < 4.78 is 73.2. The van der Waals surface area contributed by atoms with Gasteiger partial charge in [-0.3, -0.25) is 33.3 Å². The zero-order valence-electron chi connectivity index (χ0n) is 41.1. The Morgan fingerprint density at radius 3 is 1.35 bits per heavy atom. The van der Waals surface area contributed by atoms with Crippen LogP contribution in [0.5, 0.6) is 11.5 Å². The maximum absolute atomic E-state index is 13.3. The molecule has 404 valence electrons. The molecular formula is C40H49N10NaO20S4. The molecule has 2 amide bonds. The van der Waals surface area contributed by atoms with Gasteiger partial charge in [0.1, 0.15) is 22.8 Å². The van der Waals surface area contributed by atoms with Crippen LogP contribution in [-0.2, 0) is 58.2 Å². The molecule has 9 N–H and O–H groups in total. The van der Waals surface area contributed by atoms with E-state index in [1.165, 1.54) is 38.5 Å². The van der Waals surface area contributed by atoms with E-state index in [2.05, 4.69) is 28.8 Å². The number of aromatic hydroxyl groups is 2. The average molecular weight is 1140 g/mol. The van der Waals surface area contributed by atoms with Crippen LogP contribution in [0.2, 0.25) is 0 Å². The van der Waals surface area contributed by atoms with Crippen LogP contribution >= 0.6 is 22.7 Å². The number of carbonyl (C=O) groups is 4. The van der Waals surface area contributed by atoms with Crippen molar-refractivity contribution in [1.82, 2.24) is 29.6 Å². The van der Waals surface area contributed by atoms with Gasteiger partial charge in [0.25, 0.3) is 11.8 Å². The minimum atomic E-state index is -5.22. The number of aromatic nitrogens is 4. The topological polar surface area (TPSA) is 451 Å². The molecule has 0 aliphatic carbocycles. The van der Waals surface area contributed by atoms with Crippen molar-refractivity contribution in [2.45, 2.75) is 91.5 Å². The predicted molar refractivity (Wildman–Crippen MR) is 254 cm³/mol. The SMILES string of the molecule is CC(C)C(O/N=C(\C(=O)C[C@@H]1C(=O)N(OS(=O)(=O)O)C1(C)C)c1csc(N)n1)c1cc(=O)c(O)cn1O.CC(C)C(O/N=C(\C(=O)C[C@@H]1C(=O)N(OS(=O)(=O)[O-])C1(C)C)c1csc(N)n1)c1cc(=O)c(O)cn1O.[Na+]. The first-order valence-electron chi connectivity index (χ1n) is 21.3. The van der Waals surface area contributed by atoms with Crippen LogP contribution in [0.4, 0.5) is 10.3 Å². The fourth-order valence-electron chi connectivity index (χ4n) is 7.30. The van der Waals surface area contributed by atoms with Crippen LogP contribution in [0.15, 0.2) is 55.2 Å². The maximum Gasteiger partial charge on any atom is 1.00 e. The fourth-order valence-corrected chi connectivity index (χ4v) is 9.30. The number of hydroxylamine groups is 4. The molecule has 2 aliphatic rings. The van der Waals surface area contributed by atoms with E-state index >= 15 is 0 Å². The van der Waals surface area contributed by atoms with Gasteiger partial charge in [-0.05, 0) is 39.5 Å². The Kier molecular flexibility index (Phi) is 19.2. The number of nitrogens with two attached hydrogens (primary N) is 2. The Labute approximate surface area is 455 Å². The quantitative estimate of drug-likeness (QED) is 0.00998. The molecule has 0 bridgehead atoms. The number of ketones is 2. The van der Waals surface area contributed by atoms with Crippen molar-refractivity contribution in [3.05, 3.63) is 78.5 Å². The number of β-lactam (4-membered cyclic amide) rings is 2. The molecule has 0 saturated carbocycles. The van der Waals surface area contributed by atoms with Gasteiger partial charge in [-0.15, -0.1) is 27.0 Å². The number of oxime groups is 2. The van der Waals surface area contributed by atoms with Crippen molar-refractivity contribution < 1.29 is 114 Å². The molecule has 2 aliphatic heterocycles. The maximum atomic E-state index is 13.3. The van der Waals surface area contributed by atoms with Crippen molar-refractivity contribution in [1.29, 1.82) is 0 Å². The smallest absolute Gasteiger partial charge is 0.724 e. The molecule has 4 aromatic rings. The molecule has 4 atom stereocenters. The molecule has 0 aromatic carbocycles. The predicted octanol–water partition coefficient (Wildman–Crippen LogP) is -1.58. The first kappa shape index (κ1) is 61.5. The summed E-state index contributed by atoms with van der Waals surface area (Å²) in [4.78, 5) is 94.5. The minimum Gasteiger partial charge on any atom is -0.724 e. The molecule has 6 heterocycles. The van der Waals surface area contributed by atoms with Crippen LogP contribution in [0, 0.1) is 23.7 Å². The van der Waals surface area contributed by atoms with Gasteiger partial charge in [0, 0.05) is 35.7 Å². The molecule has 30 nitrogen and oxygen atoms in total. The molecule has 6 rings (SSSR count). The largest absolute Gasteiger partial charge is 1.00 e. The molecule has 35 heteroatoms. The number of nitrogens with zero attached hydrogens (tertiary/aromatic N) is 8. The molecule has 75 heavy (non-hydrogen) atoms. The van der Waals surface area contributed by atoms with Crippen LogP contribution in [0.3, 0.4) is 0 Å². The van der Waals surface area contributed by atoms with Crippen LogP contribution in [0.1, 0.15) is 103 Å². The summed E-state index contributed by atoms with van der Waals surface area (Å²) in [5.41, 5.74) is 6.52. The van der Waals surface area contributed by atoms with Crippen LogP contribution in [-0.4, -0.2) is 122 Å². The van der Waals surface area contributed by atoms with Crippen molar-refractivity contribution >= 4 is 88.5 Å². The van der Waals surface area contributed by atoms with Gasteiger partial charge in [-0.2, -0.15) is 32.3 Å². The van der Waals surface area contributed by atoms with E-state index in [-0.39, 0.29) is 79.9 Å². The summed E-state index contributed by atoms with van der Waals surface area (Å²) in [5.74, 6) is -7.46. The third-order valence-corrected chi connectivity index (χ3v) is 13.3. The van der Waals surface area contributed by atoms with Gasteiger partial charge in [-0.25, -0.2) is 18.4 Å². The van der Waals surface area contributed by atoms with Gasteiger partial charge in [0.15, 0.2) is 57.0 Å². The van der Waals surface area contributed by atoms with E-state index in [1.54, 1.807) is 27.7 Å². The average Bonchev–Trinajstić information content (AvgIpc) is 3.92. The minimum absolute atomic E-state index is 0. The van der Waals surface area contributed by atoms with E-state index in [1.807, 2.05) is 0 Å². The Bertz CT molecular complexity index is 3050. The third-order valence-electron chi connectivity index (χ3n) is 11.3. The first-order valence-corrected chi connectivity index (χ1v) is 25.8. The summed E-state index contributed by atoms with van der Waals surface area (Å²) in [6.45, 7) is 12.5. The number of anilines is 2. The molecule has 2 saturated heterocycles. The van der Waals surface area contributed by atoms with Crippen molar-refractivity contribution in [3.8, 4) is 11.5 Å². The summed E-state index contributed by atoms with van der Waals surface area (Å²) in [6, 6.07) is 1.91. The normalized spacial score (nSPS) is 18.3. The van der Waals surface area contributed by atoms with Gasteiger partial charge < -0.3 is 46.3 Å². The number of carbonyl (C=O) groups excluding carboxylic acids is 4. The monoisotopic (exact) mass is 1140 g/mol. The Hall–Kier alpha value is -6.08. The number of amides is 2. The van der Waals surface area contributed by atoms with Gasteiger partial charge in [0.05, 0.1) is 35.3 Å². The number of pyridine rings is 2. The zero-order chi connectivity index (χ0) is 55.7. The van der Waals surface area contributed by atoms with Crippen molar-refractivity contribution in [2.75, 3.05) is 11.5 Å². The number of Topliss-reactive ketones (excluding diaryl/α,β-unsaturated/α-hetero) is 2. The number of rotatable bonds is 20. The second-order valence-corrected chi connectivity index (χ2v) is 21.8. The summed E-state index contributed by atoms with van der Waals surface area (Å²) in [6.07, 6.45) is -1.47. The molecule has 0 radical (unpaired) electrons. The third kappa shape index (κ3) is 14.2. The second kappa shape index (κ2) is 23.4. The van der Waals surface area contributed by atoms with E-state index in [9.17, 15) is 70.8 Å². The van der Waals surface area contributed by atoms with Crippen LogP contribution in [0.25, 0.3) is 0 Å². The number of nitrogen functional groups attached to an aromatic ring is 2. The van der Waals surface area contributed by atoms with Crippen molar-refractivity contribution in [3.63, 3.8) is 0 Å². The molecule has 4 aromatic heterocycles. The fraction of sp³-hybridized carbons (Fsp3) is 0.450. The van der Waals surface area contributed by atoms with E-state index in [0.29, 0.717) is 19.6 Å². The number of hydrogen-bond donors (Lipinski definition) is 7. The van der Waals surface area contributed by atoms with Gasteiger partial charge in [0.2, 0.25) is 21.3 Å². The van der Waals surface area contributed by atoms with E-state index < -0.39 is 120 Å². The number of hydrogen-bond acceptors (Lipinski definition) is 27. The standard InChI is InChI=1S/2C20H25N5O10S2.Na/c2*1-9(2)17(12-6-13(26)15(28)7-24(12)30)34-23-16(11-8-36-19(21)22-11)14(27)5-10-18(29)25(20(10,3)4)35-37(31,32)33;/h2*6-10,17,28,30H,5H2,1-4H3,(H2,21,22)(H,31,32,33);/q;;+1/p-1/b2*23-16-;/t2*10-,17?;/m11./s1. The zero-order valence-corrected chi connectivity index (χ0v) is 46.3. The van der Waals surface area contributed by atoms with Gasteiger partial charge in [-0.1, -0.05) is 38.0 Å². The Morgan fingerprint density at radius 1 is 0.720 bits per heavy atom. The van der Waals surface area contributed by atoms with Gasteiger partial charge >= 0.3 is 40.0 Å². The second-order valence-electron chi connectivity index (χ2n) is 18.1. The summed E-state index contributed by atoms with van der Waals surface area (Å²) in [7, 11) is -10.2. The molecular weight excluding hydrogens is 1090 g/mol. The summed E-state index contributed by atoms with van der Waals surface area (Å²) >= 11 is 2.02. The number of thiazole rings is 2. The van der Waals surface area contributed by atoms with Crippen LogP contribution < -0.4 is 51.9 Å². The van der Waals surface area contributed by atoms with E-state index in [4.69, 9.17) is 25.7 Å². The Balaban J connectivity index is 0.000000320. The molecule has 2 unspecified atom stereocenters. The molecule has 2 fully saturated rings. The molecule has 0 spiro atoms. The summed E-state index contributed by atoms with van der Waals surface area (Å²) in [5, 5.41) is 51.2. The van der Waals surface area contributed by atoms with Crippen molar-refractivity contribution in [2.24, 2.45) is 34.0 Å². The first-order chi connectivity index (χ1) is 34.0.